The summed E-state index contributed by atoms with van der Waals surface area (Å²) in [4.78, 5) is 2.72. The number of hydrogen-bond acceptors (Lipinski definition) is 5. The molecule has 86 valence electrons. The van der Waals surface area contributed by atoms with E-state index in [0.29, 0.717) is 5.56 Å². The summed E-state index contributed by atoms with van der Waals surface area (Å²) in [5, 5.41) is 26.5. The molecule has 2 rings (SSSR count). The number of aromatic amines is 1. The molecular weight excluding hydrogens is 222 g/mol. The van der Waals surface area contributed by atoms with Crippen LogP contribution in [0.4, 0.5) is 0 Å². The maximum Gasteiger partial charge on any atom is 0.203 e. The monoisotopic (exact) mass is 231 g/mol. The summed E-state index contributed by atoms with van der Waals surface area (Å²) < 4.78 is 0. The van der Waals surface area contributed by atoms with Gasteiger partial charge in [-0.1, -0.05) is 40.7 Å². The molecule has 2 aromatic rings. The van der Waals surface area contributed by atoms with Gasteiger partial charge >= 0.3 is 0 Å². The van der Waals surface area contributed by atoms with E-state index in [1.165, 1.54) is 0 Å². The van der Waals surface area contributed by atoms with Crippen molar-refractivity contribution >= 4 is 0 Å². The molecule has 2 N–H and O–H groups in total. The van der Waals surface area contributed by atoms with Crippen LogP contribution in [-0.2, 0) is 0 Å². The lowest BCUT2D eigenvalue weighted by Gasteiger charge is -2.15. The zero-order valence-electron chi connectivity index (χ0n) is 8.67. The van der Waals surface area contributed by atoms with E-state index in [2.05, 4.69) is 30.7 Å². The Morgan fingerprint density at radius 3 is 2.71 bits per heavy atom. The van der Waals surface area contributed by atoms with E-state index in [9.17, 15) is 5.11 Å². The summed E-state index contributed by atoms with van der Waals surface area (Å²) in [6, 6.07) is 8.14. The van der Waals surface area contributed by atoms with Crippen molar-refractivity contribution in [2.24, 2.45) is 5.11 Å². The molecule has 8 heteroatoms. The number of hydrogen-bond donors (Lipinski definition) is 2. The van der Waals surface area contributed by atoms with Gasteiger partial charge in [-0.3, -0.25) is 0 Å². The molecule has 1 aromatic carbocycles. The van der Waals surface area contributed by atoms with Crippen molar-refractivity contribution in [1.82, 2.24) is 20.6 Å². The molecule has 0 aliphatic carbocycles. The molecule has 0 unspecified atom stereocenters. The predicted octanol–water partition coefficient (Wildman–Crippen LogP) is 1.28. The molecule has 0 amide bonds. The van der Waals surface area contributed by atoms with Crippen molar-refractivity contribution < 1.29 is 5.11 Å². The van der Waals surface area contributed by atoms with Gasteiger partial charge in [0.05, 0.1) is 6.04 Å². The van der Waals surface area contributed by atoms with Gasteiger partial charge in [-0.15, -0.1) is 10.2 Å². The van der Waals surface area contributed by atoms with Gasteiger partial charge in [0.25, 0.3) is 0 Å². The lowest BCUT2D eigenvalue weighted by molar-refractivity contribution is 0.137. The number of aromatic nitrogens is 4. The molecule has 1 aromatic heterocycles. The Morgan fingerprint density at radius 1 is 1.35 bits per heavy atom. The van der Waals surface area contributed by atoms with Crippen LogP contribution in [-0.4, -0.2) is 25.7 Å². The summed E-state index contributed by atoms with van der Waals surface area (Å²) in [6.07, 6.45) is -1.13. The molecule has 0 radical (unpaired) electrons. The molecule has 0 fully saturated rings. The van der Waals surface area contributed by atoms with Crippen molar-refractivity contribution in [2.75, 3.05) is 0 Å². The topological polar surface area (TPSA) is 123 Å². The largest absolute Gasteiger partial charge is 0.384 e. The van der Waals surface area contributed by atoms with E-state index < -0.39 is 12.1 Å². The summed E-state index contributed by atoms with van der Waals surface area (Å²) in [7, 11) is 0. The summed E-state index contributed by atoms with van der Waals surface area (Å²) >= 11 is 0. The molecule has 1 heterocycles. The van der Waals surface area contributed by atoms with Crippen molar-refractivity contribution in [2.45, 2.75) is 12.1 Å². The second-order valence-corrected chi connectivity index (χ2v) is 3.28. The van der Waals surface area contributed by atoms with Crippen LogP contribution in [0.1, 0.15) is 23.5 Å². The highest BCUT2D eigenvalue weighted by molar-refractivity contribution is 5.21. The Balaban J connectivity index is 2.33. The fraction of sp³-hybridized carbons (Fsp3) is 0.222. The Bertz CT molecular complexity index is 505. The number of aliphatic hydroxyl groups excluding tert-OH is 1. The SMILES string of the molecule is [N-]=[N+]=N[C@H](c1ccccc1)[C@H](O)c1nn[nH]n1. The molecule has 0 saturated heterocycles. The van der Waals surface area contributed by atoms with E-state index in [-0.39, 0.29) is 5.82 Å². The van der Waals surface area contributed by atoms with Crippen LogP contribution < -0.4 is 0 Å². The lowest BCUT2D eigenvalue weighted by atomic mass is 10.0. The summed E-state index contributed by atoms with van der Waals surface area (Å²) in [5.41, 5.74) is 9.21. The zero-order chi connectivity index (χ0) is 12.1. The average molecular weight is 231 g/mol. The standard InChI is InChI=1S/C9H9N7O/c10-14-11-7(6-4-2-1-3-5-6)8(17)9-12-15-16-13-9/h1-5,7-8,17H,(H,12,13,15,16)/t7-,8+/m1/s1. The third kappa shape index (κ3) is 2.39. The Labute approximate surface area is 95.9 Å². The molecular formula is C9H9N7O. The fourth-order valence-corrected chi connectivity index (χ4v) is 1.45. The number of nitrogens with one attached hydrogen (secondary N) is 1. The molecule has 2 atom stereocenters. The first-order valence-electron chi connectivity index (χ1n) is 4.83. The summed E-state index contributed by atoms with van der Waals surface area (Å²) in [6.45, 7) is 0. The molecule has 0 aliphatic heterocycles. The number of aliphatic hydroxyl groups is 1. The van der Waals surface area contributed by atoms with Crippen LogP contribution in [0.25, 0.3) is 10.4 Å². The van der Waals surface area contributed by atoms with Crippen molar-refractivity contribution in [3.05, 3.63) is 52.2 Å². The maximum absolute atomic E-state index is 10.0. The Morgan fingerprint density at radius 2 is 2.12 bits per heavy atom. The quantitative estimate of drug-likeness (QED) is 0.467. The van der Waals surface area contributed by atoms with Crippen LogP contribution in [0.3, 0.4) is 0 Å². The molecule has 8 nitrogen and oxygen atoms in total. The van der Waals surface area contributed by atoms with Crippen LogP contribution in [0.15, 0.2) is 35.4 Å². The number of nitrogens with zero attached hydrogens (tertiary/aromatic N) is 6. The van der Waals surface area contributed by atoms with Crippen LogP contribution >= 0.6 is 0 Å². The number of benzene rings is 1. The molecule has 17 heavy (non-hydrogen) atoms. The van der Waals surface area contributed by atoms with E-state index >= 15 is 0 Å². The average Bonchev–Trinajstić information content (AvgIpc) is 2.90. The number of H-pyrrole nitrogens is 1. The number of rotatable bonds is 4. The van der Waals surface area contributed by atoms with Crippen molar-refractivity contribution in [1.29, 1.82) is 0 Å². The molecule has 0 saturated carbocycles. The fourth-order valence-electron chi connectivity index (χ4n) is 1.45. The van der Waals surface area contributed by atoms with Gasteiger partial charge in [-0.2, -0.15) is 5.21 Å². The third-order valence-electron chi connectivity index (χ3n) is 2.24. The Hall–Kier alpha value is -2.44. The Kier molecular flexibility index (Phi) is 3.29. The first-order chi connectivity index (χ1) is 8.33. The van der Waals surface area contributed by atoms with Gasteiger partial charge < -0.3 is 5.11 Å². The van der Waals surface area contributed by atoms with Crippen molar-refractivity contribution in [3.8, 4) is 0 Å². The smallest absolute Gasteiger partial charge is 0.203 e. The van der Waals surface area contributed by atoms with Gasteiger partial charge in [0, 0.05) is 4.91 Å². The second kappa shape index (κ2) is 5.06. The molecule has 0 spiro atoms. The van der Waals surface area contributed by atoms with E-state index in [1.807, 2.05) is 6.07 Å². The third-order valence-corrected chi connectivity index (χ3v) is 2.24. The summed E-state index contributed by atoms with van der Waals surface area (Å²) in [5.74, 6) is 0.0891. The zero-order valence-corrected chi connectivity index (χ0v) is 8.67. The van der Waals surface area contributed by atoms with Gasteiger partial charge in [0.15, 0.2) is 0 Å². The van der Waals surface area contributed by atoms with Crippen LogP contribution in [0.2, 0.25) is 0 Å². The molecule has 0 aliphatic rings. The number of tetrazole rings is 1. The normalized spacial score (nSPS) is 13.7. The van der Waals surface area contributed by atoms with Gasteiger partial charge in [0.2, 0.25) is 5.82 Å². The minimum atomic E-state index is -1.13. The van der Waals surface area contributed by atoms with Crippen LogP contribution in [0, 0.1) is 0 Å². The van der Waals surface area contributed by atoms with E-state index in [0.717, 1.165) is 0 Å². The minimum Gasteiger partial charge on any atom is -0.384 e. The van der Waals surface area contributed by atoms with Gasteiger partial charge in [-0.05, 0) is 11.1 Å². The first kappa shape index (κ1) is 11.1. The van der Waals surface area contributed by atoms with Crippen molar-refractivity contribution in [3.63, 3.8) is 0 Å². The number of azide groups is 1. The molecule has 0 bridgehead atoms. The van der Waals surface area contributed by atoms with E-state index in [4.69, 9.17) is 5.53 Å². The van der Waals surface area contributed by atoms with Crippen LogP contribution in [0.5, 0.6) is 0 Å². The minimum absolute atomic E-state index is 0.0891. The van der Waals surface area contributed by atoms with Gasteiger partial charge in [-0.25, -0.2) is 0 Å². The highest BCUT2D eigenvalue weighted by Crippen LogP contribution is 2.29. The second-order valence-electron chi connectivity index (χ2n) is 3.28. The van der Waals surface area contributed by atoms with Gasteiger partial charge in [0.1, 0.15) is 6.10 Å². The predicted molar refractivity (Wildman–Crippen MR) is 57.5 cm³/mol. The highest BCUT2D eigenvalue weighted by atomic mass is 16.3. The first-order valence-corrected chi connectivity index (χ1v) is 4.83. The highest BCUT2D eigenvalue weighted by Gasteiger charge is 2.24. The van der Waals surface area contributed by atoms with E-state index in [1.54, 1.807) is 24.3 Å². The lowest BCUT2D eigenvalue weighted by Crippen LogP contribution is -2.10. The maximum atomic E-state index is 10.0.